The second-order valence-corrected chi connectivity index (χ2v) is 7.13. The molecule has 24 heavy (non-hydrogen) atoms. The van der Waals surface area contributed by atoms with Gasteiger partial charge in [-0.15, -0.1) is 0 Å². The highest BCUT2D eigenvalue weighted by molar-refractivity contribution is 6.38. The number of aliphatic hydroxyl groups is 1. The van der Waals surface area contributed by atoms with Gasteiger partial charge in [0.25, 0.3) is 5.91 Å². The maximum absolute atomic E-state index is 12.8. The lowest BCUT2D eigenvalue weighted by atomic mass is 10.1. The summed E-state index contributed by atoms with van der Waals surface area (Å²) in [6.45, 7) is 2.97. The van der Waals surface area contributed by atoms with Crippen LogP contribution in [0.4, 0.5) is 0 Å². The van der Waals surface area contributed by atoms with Crippen LogP contribution in [0.25, 0.3) is 10.9 Å². The maximum Gasteiger partial charge on any atom is 0.271 e. The molecule has 5 nitrogen and oxygen atoms in total. The van der Waals surface area contributed by atoms with Gasteiger partial charge in [0.05, 0.1) is 11.1 Å². The average Bonchev–Trinajstić information content (AvgIpc) is 3.18. The third-order valence-corrected chi connectivity index (χ3v) is 5.76. The molecule has 1 aromatic heterocycles. The standard InChI is InChI=1S/C18H22ClN3O2/c19-16-12-4-1-2-5-13(12)20-17(16)18(24)22-10-8-21(9-11-22)14-6-3-7-15(14)23/h1-2,4-5,14-15,20,23H,3,6-11H2/t14-,15+/m0/s1. The second kappa shape index (κ2) is 6.39. The van der Waals surface area contributed by atoms with Crippen LogP contribution in [0.15, 0.2) is 24.3 Å². The summed E-state index contributed by atoms with van der Waals surface area (Å²) >= 11 is 6.40. The van der Waals surface area contributed by atoms with Gasteiger partial charge in [0, 0.05) is 43.1 Å². The molecule has 4 rings (SSSR count). The number of piperazine rings is 1. The Hall–Kier alpha value is -1.56. The number of para-hydroxylation sites is 1. The summed E-state index contributed by atoms with van der Waals surface area (Å²) in [5.74, 6) is -0.0391. The minimum atomic E-state index is -0.213. The lowest BCUT2D eigenvalue weighted by molar-refractivity contribution is 0.0313. The Bertz CT molecular complexity index is 752. The van der Waals surface area contributed by atoms with Crippen LogP contribution in [-0.4, -0.2) is 64.1 Å². The van der Waals surface area contributed by atoms with Crippen molar-refractivity contribution in [2.75, 3.05) is 26.2 Å². The molecule has 1 aliphatic heterocycles. The molecule has 0 radical (unpaired) electrons. The molecule has 2 N–H and O–H groups in total. The summed E-state index contributed by atoms with van der Waals surface area (Å²) in [5, 5.41) is 11.5. The number of nitrogens with zero attached hydrogens (tertiary/aromatic N) is 2. The number of halogens is 1. The Morgan fingerprint density at radius 3 is 2.58 bits per heavy atom. The number of aromatic nitrogens is 1. The van der Waals surface area contributed by atoms with E-state index in [9.17, 15) is 9.90 Å². The zero-order valence-corrected chi connectivity index (χ0v) is 14.3. The van der Waals surface area contributed by atoms with Crippen molar-refractivity contribution in [3.8, 4) is 0 Å². The molecule has 2 fully saturated rings. The van der Waals surface area contributed by atoms with Gasteiger partial charge in [-0.2, -0.15) is 0 Å². The molecule has 1 aromatic carbocycles. The van der Waals surface area contributed by atoms with Gasteiger partial charge in [0.1, 0.15) is 5.69 Å². The zero-order chi connectivity index (χ0) is 16.7. The van der Waals surface area contributed by atoms with Crippen molar-refractivity contribution < 1.29 is 9.90 Å². The molecule has 2 aliphatic rings. The van der Waals surface area contributed by atoms with Crippen LogP contribution in [0.2, 0.25) is 5.02 Å². The van der Waals surface area contributed by atoms with E-state index in [1.165, 1.54) is 0 Å². The fourth-order valence-corrected chi connectivity index (χ4v) is 4.31. The molecule has 1 saturated carbocycles. The number of amides is 1. The smallest absolute Gasteiger partial charge is 0.271 e. The van der Waals surface area contributed by atoms with E-state index in [2.05, 4.69) is 9.88 Å². The van der Waals surface area contributed by atoms with Gasteiger partial charge < -0.3 is 15.0 Å². The van der Waals surface area contributed by atoms with Crippen molar-refractivity contribution in [2.24, 2.45) is 0 Å². The van der Waals surface area contributed by atoms with Crippen LogP contribution in [0.1, 0.15) is 29.8 Å². The number of aromatic amines is 1. The van der Waals surface area contributed by atoms with Gasteiger partial charge in [-0.25, -0.2) is 0 Å². The number of carbonyl (C=O) groups is 1. The average molecular weight is 348 g/mol. The molecule has 128 valence electrons. The number of hydrogen-bond acceptors (Lipinski definition) is 3. The highest BCUT2D eigenvalue weighted by Crippen LogP contribution is 2.29. The highest BCUT2D eigenvalue weighted by Gasteiger charge is 2.34. The van der Waals surface area contributed by atoms with Crippen LogP contribution >= 0.6 is 11.6 Å². The van der Waals surface area contributed by atoms with Crippen LogP contribution in [0.3, 0.4) is 0 Å². The monoisotopic (exact) mass is 347 g/mol. The minimum absolute atomic E-state index is 0.0391. The molecule has 6 heteroatoms. The molecule has 0 unspecified atom stereocenters. The first-order valence-corrected chi connectivity index (χ1v) is 9.00. The predicted molar refractivity (Wildman–Crippen MR) is 94.4 cm³/mol. The van der Waals surface area contributed by atoms with E-state index in [1.807, 2.05) is 29.2 Å². The molecule has 1 aliphatic carbocycles. The van der Waals surface area contributed by atoms with E-state index >= 15 is 0 Å². The molecular weight excluding hydrogens is 326 g/mol. The highest BCUT2D eigenvalue weighted by atomic mass is 35.5. The van der Waals surface area contributed by atoms with Crippen LogP contribution in [0, 0.1) is 0 Å². The van der Waals surface area contributed by atoms with Gasteiger partial charge in [0.2, 0.25) is 0 Å². The predicted octanol–water partition coefficient (Wildman–Crippen LogP) is 2.49. The summed E-state index contributed by atoms with van der Waals surface area (Å²) in [6, 6.07) is 7.96. The van der Waals surface area contributed by atoms with Crippen molar-refractivity contribution in [3.63, 3.8) is 0 Å². The number of fused-ring (bicyclic) bond motifs is 1. The van der Waals surface area contributed by atoms with Gasteiger partial charge in [-0.05, 0) is 25.3 Å². The number of benzene rings is 1. The Balaban J connectivity index is 1.47. The van der Waals surface area contributed by atoms with E-state index in [4.69, 9.17) is 11.6 Å². The van der Waals surface area contributed by atoms with Gasteiger partial charge in [-0.1, -0.05) is 29.8 Å². The molecule has 2 heterocycles. The molecular formula is C18H22ClN3O2. The largest absolute Gasteiger partial charge is 0.391 e. The first-order chi connectivity index (χ1) is 11.6. The quantitative estimate of drug-likeness (QED) is 0.877. The van der Waals surface area contributed by atoms with Crippen molar-refractivity contribution in [2.45, 2.75) is 31.4 Å². The fourth-order valence-electron chi connectivity index (χ4n) is 4.02. The number of rotatable bonds is 2. The molecule has 1 amide bonds. The van der Waals surface area contributed by atoms with Crippen molar-refractivity contribution in [1.29, 1.82) is 0 Å². The minimum Gasteiger partial charge on any atom is -0.391 e. The summed E-state index contributed by atoms with van der Waals surface area (Å²) in [4.78, 5) is 20.2. The van der Waals surface area contributed by atoms with Crippen molar-refractivity contribution in [1.82, 2.24) is 14.8 Å². The summed E-state index contributed by atoms with van der Waals surface area (Å²) in [6.07, 6.45) is 2.84. The van der Waals surface area contributed by atoms with E-state index in [1.54, 1.807) is 0 Å². The number of carbonyl (C=O) groups excluding carboxylic acids is 1. The summed E-state index contributed by atoms with van der Waals surface area (Å²) in [5.41, 5.74) is 1.37. The van der Waals surface area contributed by atoms with E-state index < -0.39 is 0 Å². The SMILES string of the molecule is O=C(c1[nH]c2ccccc2c1Cl)N1CCN([C@H]2CCC[C@H]2O)CC1. The van der Waals surface area contributed by atoms with Crippen LogP contribution in [-0.2, 0) is 0 Å². The lowest BCUT2D eigenvalue weighted by Crippen LogP contribution is -2.53. The van der Waals surface area contributed by atoms with E-state index in [0.717, 1.165) is 43.3 Å². The van der Waals surface area contributed by atoms with Crippen molar-refractivity contribution in [3.05, 3.63) is 35.0 Å². The summed E-state index contributed by atoms with van der Waals surface area (Å²) < 4.78 is 0. The van der Waals surface area contributed by atoms with Crippen LogP contribution < -0.4 is 0 Å². The first kappa shape index (κ1) is 15.9. The van der Waals surface area contributed by atoms with E-state index in [-0.39, 0.29) is 18.1 Å². The van der Waals surface area contributed by atoms with Gasteiger partial charge >= 0.3 is 0 Å². The summed E-state index contributed by atoms with van der Waals surface area (Å²) in [7, 11) is 0. The normalized spacial score (nSPS) is 25.5. The fraction of sp³-hybridized carbons (Fsp3) is 0.500. The van der Waals surface area contributed by atoms with Crippen molar-refractivity contribution >= 4 is 28.4 Å². The topological polar surface area (TPSA) is 59.6 Å². The van der Waals surface area contributed by atoms with Crippen LogP contribution in [0.5, 0.6) is 0 Å². The number of hydrogen-bond donors (Lipinski definition) is 2. The Labute approximate surface area is 146 Å². The second-order valence-electron chi connectivity index (χ2n) is 6.75. The third-order valence-electron chi connectivity index (χ3n) is 5.37. The van der Waals surface area contributed by atoms with E-state index in [0.29, 0.717) is 23.8 Å². The number of aliphatic hydroxyl groups excluding tert-OH is 1. The zero-order valence-electron chi connectivity index (χ0n) is 13.5. The molecule has 2 aromatic rings. The molecule has 0 spiro atoms. The number of H-pyrrole nitrogens is 1. The third kappa shape index (κ3) is 2.70. The molecule has 1 saturated heterocycles. The first-order valence-electron chi connectivity index (χ1n) is 8.63. The molecule has 0 bridgehead atoms. The number of nitrogens with one attached hydrogen (secondary N) is 1. The Kier molecular flexibility index (Phi) is 4.24. The maximum atomic E-state index is 12.8. The Morgan fingerprint density at radius 1 is 1.17 bits per heavy atom. The molecule has 2 atom stereocenters. The lowest BCUT2D eigenvalue weighted by Gasteiger charge is -2.39. The Morgan fingerprint density at radius 2 is 1.92 bits per heavy atom. The van der Waals surface area contributed by atoms with Gasteiger partial charge in [-0.3, -0.25) is 9.69 Å². The van der Waals surface area contributed by atoms with Gasteiger partial charge in [0.15, 0.2) is 0 Å².